The van der Waals surface area contributed by atoms with Crippen molar-refractivity contribution in [3.8, 4) is 0 Å². The SMILES string of the molecule is c1cn2c(CNc3ccc4[nH]ncc4c3)cnc2cn1. The molecule has 0 aliphatic rings. The van der Waals surface area contributed by atoms with E-state index in [9.17, 15) is 0 Å². The van der Waals surface area contributed by atoms with Gasteiger partial charge in [0.25, 0.3) is 0 Å². The van der Waals surface area contributed by atoms with Gasteiger partial charge in [0.1, 0.15) is 0 Å². The first-order valence-electron chi connectivity index (χ1n) is 6.33. The number of aromatic nitrogens is 5. The standard InChI is InChI=1S/C14H12N6/c1-2-13-10(6-18-19-13)5-11(1)16-7-12-8-17-14-9-15-3-4-20(12)14/h1-6,8-9,16H,7H2,(H,18,19). The van der Waals surface area contributed by atoms with Crippen molar-refractivity contribution >= 4 is 22.2 Å². The molecule has 20 heavy (non-hydrogen) atoms. The summed E-state index contributed by atoms with van der Waals surface area (Å²) in [6.45, 7) is 0.703. The fourth-order valence-electron chi connectivity index (χ4n) is 2.27. The first kappa shape index (κ1) is 11.0. The molecule has 3 aromatic heterocycles. The maximum absolute atomic E-state index is 4.32. The van der Waals surface area contributed by atoms with E-state index in [1.807, 2.05) is 35.1 Å². The monoisotopic (exact) mass is 264 g/mol. The molecular formula is C14H12N6. The molecule has 1 aromatic carbocycles. The van der Waals surface area contributed by atoms with Gasteiger partial charge in [-0.25, -0.2) is 4.98 Å². The second kappa shape index (κ2) is 4.34. The molecule has 0 amide bonds. The first-order valence-corrected chi connectivity index (χ1v) is 6.33. The molecule has 3 heterocycles. The highest BCUT2D eigenvalue weighted by atomic mass is 15.1. The van der Waals surface area contributed by atoms with E-state index in [1.165, 1.54) is 0 Å². The summed E-state index contributed by atoms with van der Waals surface area (Å²) < 4.78 is 2.02. The number of anilines is 1. The van der Waals surface area contributed by atoms with Crippen LogP contribution >= 0.6 is 0 Å². The van der Waals surface area contributed by atoms with Crippen molar-refractivity contribution in [2.45, 2.75) is 6.54 Å². The minimum absolute atomic E-state index is 0.703. The zero-order valence-electron chi connectivity index (χ0n) is 10.6. The summed E-state index contributed by atoms with van der Waals surface area (Å²) in [5.74, 6) is 0. The van der Waals surface area contributed by atoms with Gasteiger partial charge in [0.05, 0.1) is 36.3 Å². The number of H-pyrrole nitrogens is 1. The normalized spacial score (nSPS) is 11.2. The molecule has 6 nitrogen and oxygen atoms in total. The third kappa shape index (κ3) is 1.78. The Kier molecular flexibility index (Phi) is 2.38. The van der Waals surface area contributed by atoms with Crippen molar-refractivity contribution in [1.29, 1.82) is 0 Å². The van der Waals surface area contributed by atoms with Crippen LogP contribution in [-0.4, -0.2) is 24.6 Å². The maximum atomic E-state index is 4.32. The molecule has 0 aliphatic carbocycles. The van der Waals surface area contributed by atoms with Gasteiger partial charge in [0, 0.05) is 23.5 Å². The zero-order chi connectivity index (χ0) is 13.4. The fourth-order valence-corrected chi connectivity index (χ4v) is 2.27. The Morgan fingerprint density at radius 1 is 1.20 bits per heavy atom. The van der Waals surface area contributed by atoms with Crippen molar-refractivity contribution in [2.75, 3.05) is 5.32 Å². The molecule has 2 N–H and O–H groups in total. The van der Waals surface area contributed by atoms with E-state index in [2.05, 4.69) is 31.5 Å². The predicted molar refractivity (Wildman–Crippen MR) is 76.4 cm³/mol. The Hall–Kier alpha value is -2.89. The van der Waals surface area contributed by atoms with E-state index in [1.54, 1.807) is 12.4 Å². The Bertz CT molecular complexity index is 875. The topological polar surface area (TPSA) is 70.9 Å². The van der Waals surface area contributed by atoms with Crippen molar-refractivity contribution in [3.63, 3.8) is 0 Å². The van der Waals surface area contributed by atoms with Crippen LogP contribution < -0.4 is 5.32 Å². The molecule has 0 saturated carbocycles. The van der Waals surface area contributed by atoms with Crippen LogP contribution in [0, 0.1) is 0 Å². The molecular weight excluding hydrogens is 252 g/mol. The van der Waals surface area contributed by atoms with Crippen LogP contribution in [0.3, 0.4) is 0 Å². The first-order chi connectivity index (χ1) is 9.90. The Balaban J connectivity index is 1.60. The molecule has 0 spiro atoms. The Morgan fingerprint density at radius 3 is 3.20 bits per heavy atom. The molecule has 0 fully saturated rings. The summed E-state index contributed by atoms with van der Waals surface area (Å²) in [5, 5.41) is 11.5. The Morgan fingerprint density at radius 2 is 2.20 bits per heavy atom. The number of rotatable bonds is 3. The number of hydrogen-bond donors (Lipinski definition) is 2. The van der Waals surface area contributed by atoms with Gasteiger partial charge >= 0.3 is 0 Å². The molecule has 98 valence electrons. The average molecular weight is 264 g/mol. The summed E-state index contributed by atoms with van der Waals surface area (Å²) in [7, 11) is 0. The largest absolute Gasteiger partial charge is 0.379 e. The highest BCUT2D eigenvalue weighted by Gasteiger charge is 2.03. The van der Waals surface area contributed by atoms with Crippen LogP contribution in [0.5, 0.6) is 0 Å². The number of benzene rings is 1. The lowest BCUT2D eigenvalue weighted by Crippen LogP contribution is -2.02. The van der Waals surface area contributed by atoms with Gasteiger partial charge in [0.15, 0.2) is 5.65 Å². The number of imidazole rings is 1. The van der Waals surface area contributed by atoms with Crippen molar-refractivity contribution in [1.82, 2.24) is 24.6 Å². The molecule has 4 aromatic rings. The minimum Gasteiger partial charge on any atom is -0.379 e. The van der Waals surface area contributed by atoms with Gasteiger partial charge in [-0.1, -0.05) is 0 Å². The Labute approximate surface area is 114 Å². The summed E-state index contributed by atoms with van der Waals surface area (Å²) in [4.78, 5) is 8.38. The van der Waals surface area contributed by atoms with E-state index >= 15 is 0 Å². The quantitative estimate of drug-likeness (QED) is 0.595. The van der Waals surface area contributed by atoms with E-state index in [0.717, 1.165) is 27.9 Å². The number of nitrogens with one attached hydrogen (secondary N) is 2. The summed E-state index contributed by atoms with van der Waals surface area (Å²) in [6, 6.07) is 6.12. The second-order valence-electron chi connectivity index (χ2n) is 4.58. The zero-order valence-corrected chi connectivity index (χ0v) is 10.6. The number of nitrogens with zero attached hydrogens (tertiary/aromatic N) is 4. The van der Waals surface area contributed by atoms with Crippen LogP contribution in [-0.2, 0) is 6.54 Å². The van der Waals surface area contributed by atoms with Crippen LogP contribution in [0.15, 0.2) is 49.2 Å². The van der Waals surface area contributed by atoms with E-state index in [-0.39, 0.29) is 0 Å². The molecule has 0 atom stereocenters. The summed E-state index contributed by atoms with van der Waals surface area (Å²) >= 11 is 0. The molecule has 0 radical (unpaired) electrons. The van der Waals surface area contributed by atoms with Crippen molar-refractivity contribution in [2.24, 2.45) is 0 Å². The van der Waals surface area contributed by atoms with Gasteiger partial charge in [-0.15, -0.1) is 0 Å². The molecule has 0 aliphatic heterocycles. The molecule has 0 saturated heterocycles. The third-order valence-electron chi connectivity index (χ3n) is 3.31. The number of fused-ring (bicyclic) bond motifs is 2. The van der Waals surface area contributed by atoms with Gasteiger partial charge < -0.3 is 5.32 Å². The van der Waals surface area contributed by atoms with Crippen LogP contribution in [0.1, 0.15) is 5.69 Å². The van der Waals surface area contributed by atoms with Crippen molar-refractivity contribution < 1.29 is 0 Å². The van der Waals surface area contributed by atoms with Crippen molar-refractivity contribution in [3.05, 3.63) is 54.9 Å². The lowest BCUT2D eigenvalue weighted by atomic mass is 10.2. The number of aromatic amines is 1. The highest BCUT2D eigenvalue weighted by molar-refractivity contribution is 5.81. The molecule has 6 heteroatoms. The van der Waals surface area contributed by atoms with Gasteiger partial charge in [-0.05, 0) is 18.2 Å². The third-order valence-corrected chi connectivity index (χ3v) is 3.31. The lowest BCUT2D eigenvalue weighted by molar-refractivity contribution is 0.992. The smallest absolute Gasteiger partial charge is 0.155 e. The van der Waals surface area contributed by atoms with E-state index in [4.69, 9.17) is 0 Å². The summed E-state index contributed by atoms with van der Waals surface area (Å²) in [5.41, 5.74) is 4.05. The van der Waals surface area contributed by atoms with Crippen LogP contribution in [0.4, 0.5) is 5.69 Å². The molecule has 0 bridgehead atoms. The average Bonchev–Trinajstić information content (AvgIpc) is 3.11. The van der Waals surface area contributed by atoms with Gasteiger partial charge in [-0.3, -0.25) is 14.5 Å². The second-order valence-corrected chi connectivity index (χ2v) is 4.58. The fraction of sp³-hybridized carbons (Fsp3) is 0.0714. The van der Waals surface area contributed by atoms with E-state index < -0.39 is 0 Å². The highest BCUT2D eigenvalue weighted by Crippen LogP contribution is 2.17. The van der Waals surface area contributed by atoms with E-state index in [0.29, 0.717) is 6.54 Å². The van der Waals surface area contributed by atoms with Crippen LogP contribution in [0.25, 0.3) is 16.6 Å². The lowest BCUT2D eigenvalue weighted by Gasteiger charge is -2.06. The summed E-state index contributed by atoms with van der Waals surface area (Å²) in [6.07, 6.45) is 9.11. The number of hydrogen-bond acceptors (Lipinski definition) is 4. The van der Waals surface area contributed by atoms with Gasteiger partial charge in [0.2, 0.25) is 0 Å². The predicted octanol–water partition coefficient (Wildman–Crippen LogP) is 2.22. The molecule has 0 unspecified atom stereocenters. The van der Waals surface area contributed by atoms with Crippen LogP contribution in [0.2, 0.25) is 0 Å². The minimum atomic E-state index is 0.703. The molecule has 4 rings (SSSR count). The van der Waals surface area contributed by atoms with Gasteiger partial charge in [-0.2, -0.15) is 5.10 Å². The maximum Gasteiger partial charge on any atom is 0.155 e.